The average molecular weight is 510 g/mol. The lowest BCUT2D eigenvalue weighted by molar-refractivity contribution is 1.23. The zero-order chi connectivity index (χ0) is 26.9. The molecule has 0 saturated carbocycles. The van der Waals surface area contributed by atoms with Crippen LogP contribution in [0.1, 0.15) is 5.56 Å². The van der Waals surface area contributed by atoms with E-state index in [0.29, 0.717) is 11.4 Å². The summed E-state index contributed by atoms with van der Waals surface area (Å²) in [7, 11) is 0. The van der Waals surface area contributed by atoms with Crippen LogP contribution in [-0.4, -0.2) is 9.97 Å². The highest BCUT2D eigenvalue weighted by atomic mass is 14.9. The van der Waals surface area contributed by atoms with Crippen LogP contribution >= 0.6 is 0 Å². The van der Waals surface area contributed by atoms with Gasteiger partial charge in [-0.3, -0.25) is 0 Å². The summed E-state index contributed by atoms with van der Waals surface area (Å²) in [5, 5.41) is 12.5. The smallest absolute Gasteiger partial charge is 0.160 e. The summed E-state index contributed by atoms with van der Waals surface area (Å²) in [6, 6.07) is 49.8. The Balaban J connectivity index is 1.25. The van der Waals surface area contributed by atoms with Crippen molar-refractivity contribution in [1.29, 1.82) is 5.26 Å². The first kappa shape index (κ1) is 23.5. The minimum Gasteiger partial charge on any atom is -0.228 e. The van der Waals surface area contributed by atoms with E-state index >= 15 is 0 Å². The highest BCUT2D eigenvalue weighted by Crippen LogP contribution is 2.34. The van der Waals surface area contributed by atoms with Gasteiger partial charge in [0, 0.05) is 16.5 Å². The molecular formula is C37H23N3. The minimum atomic E-state index is 0.667. The van der Waals surface area contributed by atoms with Gasteiger partial charge in [0.15, 0.2) is 5.82 Å². The van der Waals surface area contributed by atoms with Crippen molar-refractivity contribution in [2.24, 2.45) is 0 Å². The number of para-hydroxylation sites is 1. The molecule has 0 bridgehead atoms. The number of aromatic nitrogens is 2. The normalized spacial score (nSPS) is 11.0. The van der Waals surface area contributed by atoms with Gasteiger partial charge in [0.1, 0.15) is 0 Å². The molecule has 0 saturated heterocycles. The Hall–Kier alpha value is -5.59. The molecule has 7 rings (SSSR count). The Morgan fingerprint density at radius 2 is 0.975 bits per heavy atom. The first-order chi connectivity index (χ1) is 19.8. The summed E-state index contributed by atoms with van der Waals surface area (Å²) in [5.74, 6) is 0.712. The molecule has 3 nitrogen and oxygen atoms in total. The van der Waals surface area contributed by atoms with Gasteiger partial charge in [0.2, 0.25) is 0 Å². The van der Waals surface area contributed by atoms with Crippen LogP contribution in [0.5, 0.6) is 0 Å². The number of rotatable bonds is 4. The summed E-state index contributed by atoms with van der Waals surface area (Å²) < 4.78 is 0. The molecule has 0 spiro atoms. The van der Waals surface area contributed by atoms with Crippen molar-refractivity contribution in [3.8, 4) is 51.0 Å². The van der Waals surface area contributed by atoms with Crippen molar-refractivity contribution >= 4 is 21.7 Å². The summed E-state index contributed by atoms with van der Waals surface area (Å²) in [6.45, 7) is 0. The molecule has 186 valence electrons. The topological polar surface area (TPSA) is 49.6 Å². The molecule has 0 radical (unpaired) electrons. The van der Waals surface area contributed by atoms with Crippen LogP contribution in [0, 0.1) is 11.3 Å². The third kappa shape index (κ3) is 4.28. The molecule has 7 aromatic rings. The molecule has 1 aromatic heterocycles. The van der Waals surface area contributed by atoms with Gasteiger partial charge in [-0.25, -0.2) is 9.97 Å². The van der Waals surface area contributed by atoms with E-state index in [2.05, 4.69) is 109 Å². The molecule has 0 aliphatic carbocycles. The fourth-order valence-corrected chi connectivity index (χ4v) is 5.25. The van der Waals surface area contributed by atoms with Crippen LogP contribution < -0.4 is 0 Å². The zero-order valence-corrected chi connectivity index (χ0v) is 21.6. The van der Waals surface area contributed by atoms with E-state index in [4.69, 9.17) is 15.2 Å². The average Bonchev–Trinajstić information content (AvgIpc) is 3.04. The molecule has 0 N–H and O–H groups in total. The predicted octanol–water partition coefficient (Wildman–Crippen LogP) is 9.32. The lowest BCUT2D eigenvalue weighted by Crippen LogP contribution is -1.95. The Morgan fingerprint density at radius 3 is 1.62 bits per heavy atom. The van der Waals surface area contributed by atoms with E-state index < -0.39 is 0 Å². The lowest BCUT2D eigenvalue weighted by Gasteiger charge is -2.12. The molecule has 40 heavy (non-hydrogen) atoms. The summed E-state index contributed by atoms with van der Waals surface area (Å²) in [6.07, 6.45) is 0. The van der Waals surface area contributed by atoms with Crippen LogP contribution in [0.2, 0.25) is 0 Å². The number of fused-ring (bicyclic) bond motifs is 2. The Bertz CT molecular complexity index is 2030. The maximum atomic E-state index is 9.05. The monoisotopic (exact) mass is 509 g/mol. The second-order valence-corrected chi connectivity index (χ2v) is 9.78. The molecule has 0 aliphatic heterocycles. The first-order valence-electron chi connectivity index (χ1n) is 13.2. The van der Waals surface area contributed by atoms with E-state index in [-0.39, 0.29) is 0 Å². The summed E-state index contributed by atoms with van der Waals surface area (Å²) in [5.41, 5.74) is 9.11. The maximum Gasteiger partial charge on any atom is 0.160 e. The van der Waals surface area contributed by atoms with Gasteiger partial charge in [0.25, 0.3) is 0 Å². The van der Waals surface area contributed by atoms with Gasteiger partial charge >= 0.3 is 0 Å². The zero-order valence-electron chi connectivity index (χ0n) is 21.6. The van der Waals surface area contributed by atoms with Crippen molar-refractivity contribution in [3.63, 3.8) is 0 Å². The summed E-state index contributed by atoms with van der Waals surface area (Å²) in [4.78, 5) is 10.1. The van der Waals surface area contributed by atoms with Gasteiger partial charge in [-0.05, 0) is 51.2 Å². The van der Waals surface area contributed by atoms with Crippen molar-refractivity contribution in [3.05, 3.63) is 145 Å². The van der Waals surface area contributed by atoms with Crippen molar-refractivity contribution in [2.75, 3.05) is 0 Å². The lowest BCUT2D eigenvalue weighted by atomic mass is 9.98. The van der Waals surface area contributed by atoms with Gasteiger partial charge in [-0.15, -0.1) is 0 Å². The molecule has 0 unspecified atom stereocenters. The molecular weight excluding hydrogens is 486 g/mol. The molecule has 6 aromatic carbocycles. The molecule has 0 atom stereocenters. The van der Waals surface area contributed by atoms with Crippen LogP contribution in [-0.2, 0) is 0 Å². The van der Waals surface area contributed by atoms with Crippen LogP contribution in [0.4, 0.5) is 0 Å². The third-order valence-corrected chi connectivity index (χ3v) is 7.36. The summed E-state index contributed by atoms with van der Waals surface area (Å²) >= 11 is 0. The van der Waals surface area contributed by atoms with Gasteiger partial charge in [-0.2, -0.15) is 5.26 Å². The van der Waals surface area contributed by atoms with Gasteiger partial charge in [-0.1, -0.05) is 121 Å². The molecule has 1 heterocycles. The Morgan fingerprint density at radius 1 is 0.450 bits per heavy atom. The van der Waals surface area contributed by atoms with E-state index in [1.165, 1.54) is 10.8 Å². The maximum absolute atomic E-state index is 9.05. The van der Waals surface area contributed by atoms with Gasteiger partial charge in [0.05, 0.1) is 22.8 Å². The van der Waals surface area contributed by atoms with Crippen LogP contribution in [0.25, 0.3) is 66.6 Å². The van der Waals surface area contributed by atoms with E-state index in [1.807, 2.05) is 36.4 Å². The minimum absolute atomic E-state index is 0.667. The van der Waals surface area contributed by atoms with Gasteiger partial charge < -0.3 is 0 Å². The Labute approximate surface area is 232 Å². The SMILES string of the molecule is N#Cc1ccc(-c2ccc(-c3ccc(-c4nc(-c5cccc6ccccc56)c5ccccc5n4)cc3)cc2)cc1. The standard InChI is InChI=1S/C37H23N3/c38-24-25-12-14-26(15-13-25)27-16-18-28(19-17-27)29-20-22-31(23-21-29)37-39-35-11-4-3-9-34(35)36(40-37)33-10-5-7-30-6-1-2-8-32(30)33/h1-23H. The number of hydrogen-bond acceptors (Lipinski definition) is 3. The van der Waals surface area contributed by atoms with Crippen LogP contribution in [0.15, 0.2) is 140 Å². The molecule has 0 amide bonds. The number of nitrogens with zero attached hydrogens (tertiary/aromatic N) is 3. The van der Waals surface area contributed by atoms with E-state index in [0.717, 1.165) is 50.0 Å². The first-order valence-corrected chi connectivity index (χ1v) is 13.2. The second-order valence-electron chi connectivity index (χ2n) is 9.78. The quantitative estimate of drug-likeness (QED) is 0.237. The van der Waals surface area contributed by atoms with Crippen molar-refractivity contribution < 1.29 is 0 Å². The molecule has 3 heteroatoms. The fourth-order valence-electron chi connectivity index (χ4n) is 5.25. The van der Waals surface area contributed by atoms with E-state index in [9.17, 15) is 0 Å². The predicted molar refractivity (Wildman–Crippen MR) is 164 cm³/mol. The molecule has 0 aliphatic rings. The van der Waals surface area contributed by atoms with Crippen molar-refractivity contribution in [1.82, 2.24) is 9.97 Å². The second kappa shape index (κ2) is 9.94. The van der Waals surface area contributed by atoms with E-state index in [1.54, 1.807) is 0 Å². The highest BCUT2D eigenvalue weighted by molar-refractivity contribution is 6.03. The third-order valence-electron chi connectivity index (χ3n) is 7.36. The molecule has 0 fully saturated rings. The number of nitriles is 1. The largest absolute Gasteiger partial charge is 0.228 e. The Kier molecular flexibility index (Phi) is 5.85. The van der Waals surface area contributed by atoms with Crippen LogP contribution in [0.3, 0.4) is 0 Å². The van der Waals surface area contributed by atoms with Crippen molar-refractivity contribution in [2.45, 2.75) is 0 Å². The number of benzene rings is 6. The highest BCUT2D eigenvalue weighted by Gasteiger charge is 2.13. The fraction of sp³-hybridized carbons (Fsp3) is 0. The number of hydrogen-bond donors (Lipinski definition) is 0.